The topological polar surface area (TPSA) is 84.3 Å². The van der Waals surface area contributed by atoms with Gasteiger partial charge in [0, 0.05) is 28.3 Å². The van der Waals surface area contributed by atoms with Crippen LogP contribution in [0.4, 0.5) is 10.2 Å². The largest absolute Gasteiger partial charge is 0.493 e. The first-order valence-corrected chi connectivity index (χ1v) is 12.2. The average molecular weight is 486 g/mol. The van der Waals surface area contributed by atoms with E-state index in [1.165, 1.54) is 22.5 Å². The van der Waals surface area contributed by atoms with Crippen molar-refractivity contribution in [2.45, 2.75) is 33.6 Å². The van der Waals surface area contributed by atoms with Crippen LogP contribution in [0.15, 0.2) is 30.6 Å². The standard InChI is InChI=1S/C24H24FN3O3S2/c1-4-31-19-10-20(33-21(19)11-23(29)30)18-9-22(28-12-27-18)26-6-5-16-14(3)32-24-13(2)7-15(25)8-17(16)24/h7-10,12H,4-6,11H2,1-3H3,(H,29,30)(H,26,27,28). The number of aliphatic carboxylic acids is 1. The minimum Gasteiger partial charge on any atom is -0.493 e. The molecule has 3 aromatic heterocycles. The van der Waals surface area contributed by atoms with Crippen LogP contribution < -0.4 is 10.1 Å². The van der Waals surface area contributed by atoms with Gasteiger partial charge in [0.2, 0.25) is 0 Å². The van der Waals surface area contributed by atoms with Gasteiger partial charge in [-0.15, -0.1) is 22.7 Å². The Kier molecular flexibility index (Phi) is 6.90. The van der Waals surface area contributed by atoms with E-state index < -0.39 is 5.97 Å². The molecule has 0 amide bonds. The van der Waals surface area contributed by atoms with E-state index in [0.717, 1.165) is 32.5 Å². The summed E-state index contributed by atoms with van der Waals surface area (Å²) in [7, 11) is 0. The first-order chi connectivity index (χ1) is 15.9. The molecular weight excluding hydrogens is 461 g/mol. The molecule has 4 rings (SSSR count). The Morgan fingerprint density at radius 1 is 1.18 bits per heavy atom. The zero-order valence-corrected chi connectivity index (χ0v) is 20.2. The number of carboxylic acids is 1. The van der Waals surface area contributed by atoms with Crippen LogP contribution in [0.1, 0.15) is 27.8 Å². The van der Waals surface area contributed by atoms with Crippen molar-refractivity contribution in [3.8, 4) is 16.3 Å². The van der Waals surface area contributed by atoms with Crippen LogP contribution in [0.2, 0.25) is 0 Å². The second-order valence-corrected chi connectivity index (χ2v) is 9.96. The number of aryl methyl sites for hydroxylation is 2. The average Bonchev–Trinajstić information content (AvgIpc) is 3.29. The van der Waals surface area contributed by atoms with Crippen LogP contribution in [-0.4, -0.2) is 34.2 Å². The number of fused-ring (bicyclic) bond motifs is 1. The fourth-order valence-corrected chi connectivity index (χ4v) is 6.00. The van der Waals surface area contributed by atoms with E-state index in [0.29, 0.717) is 35.3 Å². The molecule has 0 atom stereocenters. The van der Waals surface area contributed by atoms with Crippen LogP contribution in [0, 0.1) is 19.7 Å². The summed E-state index contributed by atoms with van der Waals surface area (Å²) >= 11 is 3.06. The molecule has 172 valence electrons. The molecule has 0 spiro atoms. The number of ether oxygens (including phenoxy) is 1. The number of rotatable bonds is 9. The summed E-state index contributed by atoms with van der Waals surface area (Å²) in [6.07, 6.45) is 2.13. The lowest BCUT2D eigenvalue weighted by Crippen LogP contribution is -2.07. The molecule has 0 radical (unpaired) electrons. The fourth-order valence-electron chi connectivity index (χ4n) is 3.79. The lowest BCUT2D eigenvalue weighted by molar-refractivity contribution is -0.136. The molecule has 3 heterocycles. The number of anilines is 1. The predicted octanol–water partition coefficient (Wildman–Crippen LogP) is 5.86. The number of hydrogen-bond donors (Lipinski definition) is 2. The zero-order valence-electron chi connectivity index (χ0n) is 18.6. The maximum absolute atomic E-state index is 14.0. The van der Waals surface area contributed by atoms with Gasteiger partial charge in [-0.1, -0.05) is 0 Å². The van der Waals surface area contributed by atoms with Gasteiger partial charge < -0.3 is 15.2 Å². The van der Waals surface area contributed by atoms with E-state index in [-0.39, 0.29) is 12.2 Å². The maximum Gasteiger partial charge on any atom is 0.308 e. The molecule has 6 nitrogen and oxygen atoms in total. The molecule has 0 unspecified atom stereocenters. The highest BCUT2D eigenvalue weighted by Crippen LogP contribution is 2.37. The molecule has 0 saturated heterocycles. The van der Waals surface area contributed by atoms with E-state index in [2.05, 4.69) is 22.2 Å². The van der Waals surface area contributed by atoms with Gasteiger partial charge in [-0.3, -0.25) is 4.79 Å². The summed E-state index contributed by atoms with van der Waals surface area (Å²) in [5.41, 5.74) is 2.81. The number of benzene rings is 1. The number of nitrogens with one attached hydrogen (secondary N) is 1. The fraction of sp³-hybridized carbons (Fsp3) is 0.292. The Morgan fingerprint density at radius 3 is 2.76 bits per heavy atom. The highest BCUT2D eigenvalue weighted by molar-refractivity contribution is 7.19. The number of carboxylic acid groups (broad SMARTS) is 1. The van der Waals surface area contributed by atoms with Crippen molar-refractivity contribution in [3.63, 3.8) is 0 Å². The van der Waals surface area contributed by atoms with Crippen molar-refractivity contribution in [2.24, 2.45) is 0 Å². The van der Waals surface area contributed by atoms with Gasteiger partial charge in [0.05, 0.1) is 28.5 Å². The third-order valence-corrected chi connectivity index (χ3v) is 7.66. The van der Waals surface area contributed by atoms with Gasteiger partial charge in [0.1, 0.15) is 23.7 Å². The summed E-state index contributed by atoms with van der Waals surface area (Å²) in [6.45, 7) is 6.97. The molecule has 0 saturated carbocycles. The molecular formula is C24H24FN3O3S2. The molecule has 0 aliphatic carbocycles. The summed E-state index contributed by atoms with van der Waals surface area (Å²) in [5, 5.41) is 13.5. The number of nitrogens with zero attached hydrogens (tertiary/aromatic N) is 2. The molecule has 0 aliphatic heterocycles. The summed E-state index contributed by atoms with van der Waals surface area (Å²) < 4.78 is 20.7. The number of carbonyl (C=O) groups is 1. The molecule has 1 aromatic carbocycles. The lowest BCUT2D eigenvalue weighted by Gasteiger charge is -2.07. The second kappa shape index (κ2) is 9.84. The molecule has 0 aliphatic rings. The highest BCUT2D eigenvalue weighted by atomic mass is 32.1. The van der Waals surface area contributed by atoms with Gasteiger partial charge in [-0.05, 0) is 55.8 Å². The number of aromatic nitrogens is 2. The summed E-state index contributed by atoms with van der Waals surface area (Å²) in [5.74, 6) is 0.138. The Morgan fingerprint density at radius 2 is 2.00 bits per heavy atom. The predicted molar refractivity (Wildman–Crippen MR) is 131 cm³/mol. The van der Waals surface area contributed by atoms with Gasteiger partial charge in [-0.25, -0.2) is 14.4 Å². The molecule has 4 aromatic rings. The van der Waals surface area contributed by atoms with Crippen molar-refractivity contribution in [2.75, 3.05) is 18.5 Å². The molecule has 33 heavy (non-hydrogen) atoms. The Hall–Kier alpha value is -3.04. The first-order valence-electron chi connectivity index (χ1n) is 10.6. The van der Waals surface area contributed by atoms with Gasteiger partial charge in [0.25, 0.3) is 0 Å². The summed E-state index contributed by atoms with van der Waals surface area (Å²) in [6, 6.07) is 6.86. The maximum atomic E-state index is 14.0. The van der Waals surface area contributed by atoms with Crippen molar-refractivity contribution < 1.29 is 19.0 Å². The third-order valence-electron chi connectivity index (χ3n) is 5.23. The van der Waals surface area contributed by atoms with Crippen molar-refractivity contribution in [1.82, 2.24) is 9.97 Å². The van der Waals surface area contributed by atoms with Crippen LogP contribution in [-0.2, 0) is 17.6 Å². The van der Waals surface area contributed by atoms with Gasteiger partial charge in [-0.2, -0.15) is 0 Å². The Labute approximate surface area is 199 Å². The van der Waals surface area contributed by atoms with Crippen molar-refractivity contribution in [3.05, 3.63) is 57.3 Å². The Bertz CT molecular complexity index is 1320. The molecule has 9 heteroatoms. The van der Waals surface area contributed by atoms with Gasteiger partial charge >= 0.3 is 5.97 Å². The smallest absolute Gasteiger partial charge is 0.308 e. The minimum absolute atomic E-state index is 0.0930. The van der Waals surface area contributed by atoms with E-state index in [4.69, 9.17) is 4.74 Å². The van der Waals surface area contributed by atoms with E-state index in [1.807, 2.05) is 26.0 Å². The monoisotopic (exact) mass is 485 g/mol. The number of thiophene rings is 2. The van der Waals surface area contributed by atoms with Crippen LogP contribution in [0.3, 0.4) is 0 Å². The van der Waals surface area contributed by atoms with E-state index in [1.54, 1.807) is 23.5 Å². The minimum atomic E-state index is -0.902. The number of hydrogen-bond acceptors (Lipinski definition) is 7. The van der Waals surface area contributed by atoms with E-state index >= 15 is 0 Å². The SMILES string of the molecule is CCOc1cc(-c2cc(NCCc3c(C)sc4c(C)cc(F)cc34)ncn2)sc1CC(=O)O. The van der Waals surface area contributed by atoms with Crippen molar-refractivity contribution >= 4 is 44.5 Å². The van der Waals surface area contributed by atoms with Crippen molar-refractivity contribution in [1.29, 1.82) is 0 Å². The Balaban J connectivity index is 1.50. The molecule has 0 bridgehead atoms. The molecule has 2 N–H and O–H groups in total. The quantitative estimate of drug-likeness (QED) is 0.309. The highest BCUT2D eigenvalue weighted by Gasteiger charge is 2.16. The van der Waals surface area contributed by atoms with E-state index in [9.17, 15) is 14.3 Å². The normalized spacial score (nSPS) is 11.2. The van der Waals surface area contributed by atoms with Crippen LogP contribution in [0.25, 0.3) is 20.7 Å². The summed E-state index contributed by atoms with van der Waals surface area (Å²) in [4.78, 5) is 22.5. The van der Waals surface area contributed by atoms with Crippen LogP contribution >= 0.6 is 22.7 Å². The number of halogens is 1. The zero-order chi connectivity index (χ0) is 23.5. The van der Waals surface area contributed by atoms with Crippen LogP contribution in [0.5, 0.6) is 5.75 Å². The third kappa shape index (κ3) is 5.15. The lowest BCUT2D eigenvalue weighted by atomic mass is 10.1. The first kappa shape index (κ1) is 23.1. The van der Waals surface area contributed by atoms with Gasteiger partial charge in [0.15, 0.2) is 0 Å². The molecule has 0 fully saturated rings. The second-order valence-electron chi connectivity index (χ2n) is 7.60.